The van der Waals surface area contributed by atoms with Crippen LogP contribution in [0.1, 0.15) is 16.1 Å². The number of hydrogen-bond donors (Lipinski definition) is 0. The van der Waals surface area contributed by atoms with E-state index in [9.17, 15) is 4.79 Å². The summed E-state index contributed by atoms with van der Waals surface area (Å²) in [6, 6.07) is 9.96. The molecule has 0 aliphatic heterocycles. The molecule has 1 aromatic carbocycles. The highest BCUT2D eigenvalue weighted by Gasteiger charge is 2.18. The lowest BCUT2D eigenvalue weighted by atomic mass is 10.1. The minimum Gasteiger partial charge on any atom is -0.314 e. The molecule has 0 spiro atoms. The van der Waals surface area contributed by atoms with E-state index in [0.29, 0.717) is 6.54 Å². The first-order valence-electron chi connectivity index (χ1n) is 7.23. The van der Waals surface area contributed by atoms with E-state index in [1.165, 1.54) is 0 Å². The molecule has 22 heavy (non-hydrogen) atoms. The number of ketones is 1. The molecule has 0 saturated heterocycles. The topological polar surface area (TPSA) is 25.2 Å². The highest BCUT2D eigenvalue weighted by molar-refractivity contribution is 5.99. The van der Waals surface area contributed by atoms with Crippen molar-refractivity contribution in [1.29, 1.82) is 0 Å². The molecule has 0 aliphatic carbocycles. The van der Waals surface area contributed by atoms with E-state index in [1.54, 1.807) is 6.08 Å². The number of nitrogens with zero attached hydrogens (tertiary/aromatic N) is 2. The summed E-state index contributed by atoms with van der Waals surface area (Å²) < 4.78 is 2.03. The lowest BCUT2D eigenvalue weighted by Crippen LogP contribution is -2.31. The zero-order valence-electron chi connectivity index (χ0n) is 13.5. The maximum atomic E-state index is 12.6. The second-order valence-corrected chi connectivity index (χ2v) is 5.56. The van der Waals surface area contributed by atoms with Gasteiger partial charge in [-0.05, 0) is 33.2 Å². The first-order valence-corrected chi connectivity index (χ1v) is 7.23. The van der Waals surface area contributed by atoms with Gasteiger partial charge in [-0.25, -0.2) is 0 Å². The molecule has 3 nitrogen and oxygen atoms in total. The fraction of sp³-hybridized carbons (Fsp3) is 0.211. The smallest absolute Gasteiger partial charge is 0.179 e. The van der Waals surface area contributed by atoms with Gasteiger partial charge in [0.15, 0.2) is 5.78 Å². The number of aromatic nitrogens is 1. The molecule has 2 aromatic rings. The quantitative estimate of drug-likeness (QED) is 0.787. The van der Waals surface area contributed by atoms with Gasteiger partial charge in [-0.3, -0.25) is 4.79 Å². The minimum absolute atomic E-state index is 0.0928. The maximum absolute atomic E-state index is 12.6. The van der Waals surface area contributed by atoms with E-state index in [1.807, 2.05) is 66.9 Å². The van der Waals surface area contributed by atoms with Crippen LogP contribution in [-0.2, 0) is 0 Å². The molecule has 0 unspecified atom stereocenters. The van der Waals surface area contributed by atoms with Crippen molar-refractivity contribution in [1.82, 2.24) is 9.47 Å². The first-order chi connectivity index (χ1) is 10.5. The van der Waals surface area contributed by atoms with Crippen LogP contribution in [0.5, 0.6) is 0 Å². The predicted molar refractivity (Wildman–Crippen MR) is 92.8 cm³/mol. The Morgan fingerprint density at radius 2 is 1.91 bits per heavy atom. The lowest BCUT2D eigenvalue weighted by molar-refractivity contribution is 0.0956. The highest BCUT2D eigenvalue weighted by atomic mass is 16.1. The molecule has 1 heterocycles. The Bertz CT molecular complexity index is 798. The van der Waals surface area contributed by atoms with Gasteiger partial charge in [0.2, 0.25) is 0 Å². The van der Waals surface area contributed by atoms with E-state index in [2.05, 4.69) is 13.2 Å². The minimum atomic E-state index is 0.0928. The van der Waals surface area contributed by atoms with Crippen LogP contribution in [0.2, 0.25) is 0 Å². The Morgan fingerprint density at radius 3 is 2.45 bits per heavy atom. The number of Topliss-reactive ketones (excluding diaryl/α,β-unsaturated/α-hetero) is 1. The zero-order valence-corrected chi connectivity index (χ0v) is 13.5. The number of allylic oxidation sites excluding steroid dienone is 1. The molecule has 3 heteroatoms. The fourth-order valence-corrected chi connectivity index (χ4v) is 2.72. The first kappa shape index (κ1) is 16.0. The van der Waals surface area contributed by atoms with Gasteiger partial charge >= 0.3 is 0 Å². The van der Waals surface area contributed by atoms with Gasteiger partial charge in [0, 0.05) is 27.5 Å². The number of carbonyl (C=O) groups is 1. The molecule has 0 aliphatic rings. The van der Waals surface area contributed by atoms with Crippen molar-refractivity contribution < 1.29 is 4.79 Å². The molecule has 0 atom stereocenters. The standard InChI is InChI=1S/C19H22N2O/c1-6-10-17-14(2)21(16-11-8-7-9-12-16)15(3)19(17)18(22)13-20(4)5/h6-12H,1-2,13H2,3-5H3/b17-10+. The number of hydrogen-bond acceptors (Lipinski definition) is 2. The van der Waals surface area contributed by atoms with Crippen LogP contribution in [-0.4, -0.2) is 35.9 Å². The van der Waals surface area contributed by atoms with E-state index >= 15 is 0 Å². The van der Waals surface area contributed by atoms with Crippen LogP contribution in [0.3, 0.4) is 0 Å². The van der Waals surface area contributed by atoms with E-state index in [-0.39, 0.29) is 5.78 Å². The van der Waals surface area contributed by atoms with Crippen molar-refractivity contribution >= 4 is 18.4 Å². The SMILES string of the molecule is C=C/C=c1/c(C(=O)CN(C)C)c(C)n(-c2ccccc2)c1=C. The molecular weight excluding hydrogens is 272 g/mol. The summed E-state index contributed by atoms with van der Waals surface area (Å²) in [4.78, 5) is 14.5. The third kappa shape index (κ3) is 2.95. The van der Waals surface area contributed by atoms with E-state index in [0.717, 1.165) is 27.5 Å². The predicted octanol–water partition coefficient (Wildman–Crippen LogP) is 1.91. The van der Waals surface area contributed by atoms with Crippen molar-refractivity contribution in [2.75, 3.05) is 20.6 Å². The summed E-state index contributed by atoms with van der Waals surface area (Å²) in [6.07, 6.45) is 3.56. The average molecular weight is 294 g/mol. The van der Waals surface area contributed by atoms with Gasteiger partial charge < -0.3 is 9.47 Å². The summed E-state index contributed by atoms with van der Waals surface area (Å²) >= 11 is 0. The summed E-state index contributed by atoms with van der Waals surface area (Å²) in [7, 11) is 3.78. The van der Waals surface area contributed by atoms with Gasteiger partial charge in [0.25, 0.3) is 0 Å². The summed E-state index contributed by atoms with van der Waals surface area (Å²) in [5.41, 5.74) is 2.64. The van der Waals surface area contributed by atoms with Crippen LogP contribution in [0.15, 0.2) is 43.0 Å². The molecule has 0 N–H and O–H groups in total. The normalized spacial score (nSPS) is 11.9. The third-order valence-electron chi connectivity index (χ3n) is 3.58. The molecule has 0 saturated carbocycles. The summed E-state index contributed by atoms with van der Waals surface area (Å²) in [6.45, 7) is 10.3. The van der Waals surface area contributed by atoms with Crippen LogP contribution < -0.4 is 10.6 Å². The number of rotatable bonds is 5. The van der Waals surface area contributed by atoms with Gasteiger partial charge in [-0.2, -0.15) is 0 Å². The third-order valence-corrected chi connectivity index (χ3v) is 3.58. The van der Waals surface area contributed by atoms with Gasteiger partial charge in [0.1, 0.15) is 0 Å². The monoisotopic (exact) mass is 294 g/mol. The second-order valence-electron chi connectivity index (χ2n) is 5.56. The zero-order chi connectivity index (χ0) is 16.3. The summed E-state index contributed by atoms with van der Waals surface area (Å²) in [5, 5.41) is 1.66. The van der Waals surface area contributed by atoms with Crippen molar-refractivity contribution in [3.63, 3.8) is 0 Å². The Balaban J connectivity index is 2.75. The lowest BCUT2D eigenvalue weighted by Gasteiger charge is -2.10. The molecular formula is C19H22N2O. The Hall–Kier alpha value is -2.39. The van der Waals surface area contributed by atoms with Gasteiger partial charge in [0.05, 0.1) is 6.54 Å². The van der Waals surface area contributed by atoms with Crippen molar-refractivity contribution in [2.45, 2.75) is 6.92 Å². The molecule has 1 aromatic heterocycles. The van der Waals surface area contributed by atoms with Crippen molar-refractivity contribution in [3.8, 4) is 5.69 Å². The Morgan fingerprint density at radius 1 is 1.27 bits per heavy atom. The largest absolute Gasteiger partial charge is 0.314 e. The second kappa shape index (κ2) is 6.58. The van der Waals surface area contributed by atoms with Gasteiger partial charge in [-0.15, -0.1) is 0 Å². The molecule has 0 radical (unpaired) electrons. The maximum Gasteiger partial charge on any atom is 0.179 e. The van der Waals surface area contributed by atoms with E-state index in [4.69, 9.17) is 0 Å². The number of benzene rings is 1. The highest BCUT2D eigenvalue weighted by Crippen LogP contribution is 2.11. The molecule has 0 fully saturated rings. The summed E-state index contributed by atoms with van der Waals surface area (Å²) in [5.74, 6) is 0.0928. The van der Waals surface area contributed by atoms with Crippen molar-refractivity contribution in [3.05, 3.63) is 64.8 Å². The van der Waals surface area contributed by atoms with Crippen LogP contribution in [0.25, 0.3) is 18.3 Å². The number of likely N-dealkylation sites (N-methyl/N-ethyl adjacent to an activating group) is 1. The Labute approximate surface area is 131 Å². The van der Waals surface area contributed by atoms with Crippen molar-refractivity contribution in [2.24, 2.45) is 0 Å². The van der Waals surface area contributed by atoms with E-state index < -0.39 is 0 Å². The van der Waals surface area contributed by atoms with Crippen LogP contribution >= 0.6 is 0 Å². The number of carbonyl (C=O) groups excluding carboxylic acids is 1. The average Bonchev–Trinajstić information content (AvgIpc) is 2.71. The van der Waals surface area contributed by atoms with Crippen LogP contribution in [0.4, 0.5) is 0 Å². The molecule has 2 rings (SSSR count). The molecule has 0 bridgehead atoms. The number of para-hydroxylation sites is 1. The van der Waals surface area contributed by atoms with Crippen LogP contribution in [0, 0.1) is 6.92 Å². The molecule has 0 amide bonds. The van der Waals surface area contributed by atoms with Gasteiger partial charge in [-0.1, -0.05) is 43.5 Å². The fourth-order valence-electron chi connectivity index (χ4n) is 2.72. The molecule has 114 valence electrons. The Kier molecular flexibility index (Phi) is 4.78.